The Morgan fingerprint density at radius 3 is 2.90 bits per heavy atom. The van der Waals surface area contributed by atoms with Crippen LogP contribution in [-0.2, 0) is 6.42 Å². The SMILES string of the molecule is COc1cccc(-c2cc(C(=O)Nc3nc(CC(C)N4CCCCC4)ns3)cs2)c1. The number of carbonyl (C=O) groups is 1. The Bertz CT molecular complexity index is 994. The number of hydrogen-bond donors (Lipinski definition) is 1. The van der Waals surface area contributed by atoms with Gasteiger partial charge in [-0.3, -0.25) is 10.1 Å². The summed E-state index contributed by atoms with van der Waals surface area (Å²) in [5.74, 6) is 1.44. The van der Waals surface area contributed by atoms with E-state index in [-0.39, 0.29) is 5.91 Å². The summed E-state index contributed by atoms with van der Waals surface area (Å²) in [5.41, 5.74) is 1.65. The smallest absolute Gasteiger partial charge is 0.258 e. The Morgan fingerprint density at radius 1 is 1.27 bits per heavy atom. The van der Waals surface area contributed by atoms with Crippen molar-refractivity contribution in [2.24, 2.45) is 0 Å². The number of ether oxygens (including phenoxy) is 1. The maximum Gasteiger partial charge on any atom is 0.258 e. The molecule has 1 atom stereocenters. The highest BCUT2D eigenvalue weighted by Crippen LogP contribution is 2.30. The van der Waals surface area contributed by atoms with Gasteiger partial charge in [-0.05, 0) is 56.6 Å². The minimum absolute atomic E-state index is 0.160. The monoisotopic (exact) mass is 442 g/mol. The largest absolute Gasteiger partial charge is 0.497 e. The highest BCUT2D eigenvalue weighted by molar-refractivity contribution is 7.14. The van der Waals surface area contributed by atoms with Crippen molar-refractivity contribution in [3.8, 4) is 16.2 Å². The predicted octanol–water partition coefficient (Wildman–Crippen LogP) is 4.94. The number of anilines is 1. The third-order valence-corrected chi connectivity index (χ3v) is 7.04. The molecule has 6 nitrogen and oxygen atoms in total. The third kappa shape index (κ3) is 5.06. The molecule has 1 aromatic carbocycles. The number of hydrogen-bond acceptors (Lipinski definition) is 7. The first-order valence-corrected chi connectivity index (χ1v) is 11.9. The molecule has 1 amide bonds. The molecule has 4 rings (SSSR count). The van der Waals surface area contributed by atoms with E-state index in [9.17, 15) is 4.79 Å². The van der Waals surface area contributed by atoms with Crippen LogP contribution in [0.15, 0.2) is 35.7 Å². The Morgan fingerprint density at radius 2 is 2.10 bits per heavy atom. The van der Waals surface area contributed by atoms with Crippen LogP contribution < -0.4 is 10.1 Å². The van der Waals surface area contributed by atoms with Gasteiger partial charge in [-0.25, -0.2) is 4.98 Å². The standard InChI is InChI=1S/C22H26N4O2S2/c1-15(26-9-4-3-5-10-26)11-20-23-22(30-25-20)24-21(27)17-13-19(29-14-17)16-7-6-8-18(12-16)28-2/h6-8,12-15H,3-5,9-11H2,1-2H3,(H,23,24,25,27). The van der Waals surface area contributed by atoms with E-state index in [1.165, 1.54) is 42.1 Å². The molecule has 158 valence electrons. The molecule has 1 saturated heterocycles. The van der Waals surface area contributed by atoms with E-state index in [4.69, 9.17) is 4.74 Å². The van der Waals surface area contributed by atoms with Crippen LogP contribution in [0, 0.1) is 0 Å². The summed E-state index contributed by atoms with van der Waals surface area (Å²) in [5, 5.41) is 5.31. The number of nitrogens with one attached hydrogen (secondary N) is 1. The first kappa shape index (κ1) is 21.0. The number of aromatic nitrogens is 2. The number of nitrogens with zero attached hydrogens (tertiary/aromatic N) is 3. The van der Waals surface area contributed by atoms with Gasteiger partial charge in [0.25, 0.3) is 5.91 Å². The van der Waals surface area contributed by atoms with E-state index < -0.39 is 0 Å². The summed E-state index contributed by atoms with van der Waals surface area (Å²) in [6.45, 7) is 4.54. The van der Waals surface area contributed by atoms with Gasteiger partial charge in [0, 0.05) is 34.3 Å². The van der Waals surface area contributed by atoms with Gasteiger partial charge < -0.3 is 9.64 Å². The predicted molar refractivity (Wildman–Crippen MR) is 123 cm³/mol. The topological polar surface area (TPSA) is 67.3 Å². The molecule has 0 radical (unpaired) electrons. The first-order chi connectivity index (χ1) is 14.6. The molecule has 1 aliphatic rings. The molecule has 1 unspecified atom stereocenters. The molecule has 30 heavy (non-hydrogen) atoms. The minimum atomic E-state index is -0.160. The molecular weight excluding hydrogens is 416 g/mol. The van der Waals surface area contributed by atoms with Gasteiger partial charge in [0.15, 0.2) is 0 Å². The quantitative estimate of drug-likeness (QED) is 0.561. The van der Waals surface area contributed by atoms with Crippen LogP contribution in [0.1, 0.15) is 42.4 Å². The summed E-state index contributed by atoms with van der Waals surface area (Å²) in [6.07, 6.45) is 4.68. The van der Waals surface area contributed by atoms with Crippen molar-refractivity contribution in [2.75, 3.05) is 25.5 Å². The van der Waals surface area contributed by atoms with Crippen LogP contribution in [0.25, 0.3) is 10.4 Å². The van der Waals surface area contributed by atoms with Gasteiger partial charge >= 0.3 is 0 Å². The van der Waals surface area contributed by atoms with Crippen LogP contribution in [-0.4, -0.2) is 46.4 Å². The molecule has 1 N–H and O–H groups in total. The lowest BCUT2D eigenvalue weighted by molar-refractivity contribution is 0.102. The van der Waals surface area contributed by atoms with Gasteiger partial charge in [-0.2, -0.15) is 4.37 Å². The zero-order valence-electron chi connectivity index (χ0n) is 17.3. The normalized spacial score (nSPS) is 15.7. The molecule has 0 spiro atoms. The molecule has 8 heteroatoms. The van der Waals surface area contributed by atoms with Crippen LogP contribution >= 0.6 is 22.9 Å². The summed E-state index contributed by atoms with van der Waals surface area (Å²) < 4.78 is 9.73. The summed E-state index contributed by atoms with van der Waals surface area (Å²) in [6, 6.07) is 10.1. The Kier molecular flexibility index (Phi) is 6.76. The van der Waals surface area contributed by atoms with Gasteiger partial charge in [0.05, 0.1) is 12.7 Å². The van der Waals surface area contributed by atoms with Gasteiger partial charge in [0.2, 0.25) is 5.13 Å². The fourth-order valence-electron chi connectivity index (χ4n) is 3.69. The fraction of sp³-hybridized carbons (Fsp3) is 0.409. The summed E-state index contributed by atoms with van der Waals surface area (Å²) in [4.78, 5) is 20.7. The van der Waals surface area contributed by atoms with Crippen molar-refractivity contribution in [1.29, 1.82) is 0 Å². The Labute approximate surface area is 185 Å². The number of methoxy groups -OCH3 is 1. The van der Waals surface area contributed by atoms with Crippen molar-refractivity contribution >= 4 is 33.9 Å². The van der Waals surface area contributed by atoms with Crippen LogP contribution in [0.2, 0.25) is 0 Å². The second kappa shape index (κ2) is 9.68. The van der Waals surface area contributed by atoms with Crippen molar-refractivity contribution in [1.82, 2.24) is 14.3 Å². The molecule has 0 saturated carbocycles. The van der Waals surface area contributed by atoms with Crippen molar-refractivity contribution in [3.05, 3.63) is 47.1 Å². The third-order valence-electron chi connectivity index (χ3n) is 5.40. The molecule has 3 aromatic rings. The molecular formula is C22H26N4O2S2. The average molecular weight is 443 g/mol. The highest BCUT2D eigenvalue weighted by atomic mass is 32.1. The zero-order valence-corrected chi connectivity index (χ0v) is 18.9. The number of thiophene rings is 1. The van der Waals surface area contributed by atoms with Crippen LogP contribution in [0.4, 0.5) is 5.13 Å². The van der Waals surface area contributed by atoms with E-state index in [0.717, 1.165) is 41.5 Å². The van der Waals surface area contributed by atoms with E-state index in [0.29, 0.717) is 16.7 Å². The van der Waals surface area contributed by atoms with E-state index >= 15 is 0 Å². The lowest BCUT2D eigenvalue weighted by Gasteiger charge is -2.31. The molecule has 1 fully saturated rings. The fourth-order valence-corrected chi connectivity index (χ4v) is 5.17. The van der Waals surface area contributed by atoms with Crippen LogP contribution in [0.3, 0.4) is 0 Å². The molecule has 3 heterocycles. The van der Waals surface area contributed by atoms with Gasteiger partial charge in [0.1, 0.15) is 11.6 Å². The number of piperidine rings is 1. The molecule has 0 bridgehead atoms. The lowest BCUT2D eigenvalue weighted by Crippen LogP contribution is -2.38. The highest BCUT2D eigenvalue weighted by Gasteiger charge is 2.19. The number of rotatable bonds is 7. The summed E-state index contributed by atoms with van der Waals surface area (Å²) in [7, 11) is 1.65. The summed E-state index contributed by atoms with van der Waals surface area (Å²) >= 11 is 2.78. The lowest BCUT2D eigenvalue weighted by atomic mass is 10.1. The molecule has 2 aromatic heterocycles. The Hall–Kier alpha value is -2.29. The molecule has 1 aliphatic heterocycles. The number of amides is 1. The van der Waals surface area contributed by atoms with Crippen LogP contribution in [0.5, 0.6) is 5.75 Å². The maximum absolute atomic E-state index is 12.7. The Balaban J connectivity index is 1.37. The van der Waals surface area contributed by atoms with Crippen molar-refractivity contribution in [3.63, 3.8) is 0 Å². The number of benzene rings is 1. The number of carbonyl (C=O) groups excluding carboxylic acids is 1. The second-order valence-electron chi connectivity index (χ2n) is 7.55. The maximum atomic E-state index is 12.7. The average Bonchev–Trinajstić information content (AvgIpc) is 3.44. The van der Waals surface area contributed by atoms with Gasteiger partial charge in [-0.15, -0.1) is 11.3 Å². The van der Waals surface area contributed by atoms with Crippen molar-refractivity contribution in [2.45, 2.75) is 38.6 Å². The van der Waals surface area contributed by atoms with E-state index in [2.05, 4.69) is 26.5 Å². The zero-order chi connectivity index (χ0) is 20.9. The minimum Gasteiger partial charge on any atom is -0.497 e. The number of likely N-dealkylation sites (tertiary alicyclic amines) is 1. The van der Waals surface area contributed by atoms with E-state index in [1.807, 2.05) is 35.7 Å². The molecule has 0 aliphatic carbocycles. The van der Waals surface area contributed by atoms with Crippen molar-refractivity contribution < 1.29 is 9.53 Å². The second-order valence-corrected chi connectivity index (χ2v) is 9.21. The van der Waals surface area contributed by atoms with Gasteiger partial charge in [-0.1, -0.05) is 18.6 Å². The van der Waals surface area contributed by atoms with E-state index in [1.54, 1.807) is 7.11 Å². The first-order valence-electron chi connectivity index (χ1n) is 10.2.